The second kappa shape index (κ2) is 14.9. The monoisotopic (exact) mass is 409 g/mol. The molecule has 2 nitrogen and oxygen atoms in total. The van der Waals surface area contributed by atoms with Crippen LogP contribution in [-0.2, 0) is 29.6 Å². The van der Waals surface area contributed by atoms with Crippen LogP contribution >= 0.6 is 24.8 Å². The SMILES string of the molecule is CCCCCCCCCc1ccccc1NC(=S)S.[O]=[Mo]. The van der Waals surface area contributed by atoms with Crippen molar-refractivity contribution in [3.05, 3.63) is 29.8 Å². The number of para-hydroxylation sites is 1. The van der Waals surface area contributed by atoms with Crippen LogP contribution < -0.4 is 5.32 Å². The molecule has 0 atom stereocenters. The molecule has 1 aromatic rings. The first-order valence-corrected chi connectivity index (χ1v) is 9.16. The molecule has 0 heterocycles. The summed E-state index contributed by atoms with van der Waals surface area (Å²) in [6.45, 7) is 2.26. The summed E-state index contributed by atoms with van der Waals surface area (Å²) in [5.41, 5.74) is 2.45. The minimum absolute atomic E-state index is 0.534. The first-order valence-electron chi connectivity index (χ1n) is 7.48. The Hall–Kier alpha value is -0.0517. The van der Waals surface area contributed by atoms with Crippen LogP contribution in [0.25, 0.3) is 0 Å². The second-order valence-electron chi connectivity index (χ2n) is 4.96. The standard InChI is InChI=1S/C16H25NS2.Mo.O/c1-2-3-4-5-6-7-8-11-14-12-9-10-13-15(14)17-16(18)19;;/h9-10,12-13H,2-8,11H2,1H3,(H2,17,18,19);;. The summed E-state index contributed by atoms with van der Waals surface area (Å²) < 4.78 is 8.79. The summed E-state index contributed by atoms with van der Waals surface area (Å²) in [4.78, 5) is 0. The van der Waals surface area contributed by atoms with Gasteiger partial charge >= 0.3 is 23.2 Å². The fraction of sp³-hybridized carbons (Fsp3) is 0.562. The Morgan fingerprint density at radius 1 is 1.10 bits per heavy atom. The molecule has 0 aliphatic heterocycles. The molecular weight excluding hydrogens is 382 g/mol. The number of benzene rings is 1. The van der Waals surface area contributed by atoms with Crippen molar-refractivity contribution in [2.24, 2.45) is 0 Å². The van der Waals surface area contributed by atoms with E-state index in [9.17, 15) is 0 Å². The van der Waals surface area contributed by atoms with Gasteiger partial charge in [0.2, 0.25) is 0 Å². The average Bonchev–Trinajstić information content (AvgIpc) is 2.49. The third kappa shape index (κ3) is 11.2. The van der Waals surface area contributed by atoms with Gasteiger partial charge in [0.15, 0.2) is 0 Å². The molecular formula is C16H25MoNOS2. The molecule has 118 valence electrons. The molecule has 0 aromatic heterocycles. The van der Waals surface area contributed by atoms with Crippen LogP contribution in [-0.4, -0.2) is 4.32 Å². The van der Waals surface area contributed by atoms with Gasteiger partial charge in [0.05, 0.1) is 0 Å². The number of hydrogen-bond donors (Lipinski definition) is 2. The predicted molar refractivity (Wildman–Crippen MR) is 94.0 cm³/mol. The molecule has 0 aliphatic carbocycles. The van der Waals surface area contributed by atoms with Gasteiger partial charge in [-0.15, -0.1) is 12.6 Å². The van der Waals surface area contributed by atoms with Crippen molar-refractivity contribution in [2.45, 2.75) is 58.3 Å². The third-order valence-corrected chi connectivity index (χ3v) is 3.52. The van der Waals surface area contributed by atoms with E-state index in [-0.39, 0.29) is 0 Å². The number of nitrogens with one attached hydrogen (secondary N) is 1. The van der Waals surface area contributed by atoms with Crippen molar-refractivity contribution < 1.29 is 23.2 Å². The van der Waals surface area contributed by atoms with Crippen LogP contribution in [0.1, 0.15) is 57.4 Å². The number of hydrogen-bond acceptors (Lipinski definition) is 2. The quantitative estimate of drug-likeness (QED) is 0.246. The van der Waals surface area contributed by atoms with Gasteiger partial charge in [-0.3, -0.25) is 0 Å². The molecule has 0 bridgehead atoms. The van der Waals surface area contributed by atoms with E-state index >= 15 is 0 Å². The van der Waals surface area contributed by atoms with E-state index < -0.39 is 0 Å². The summed E-state index contributed by atoms with van der Waals surface area (Å²) >= 11 is 9.82. The van der Waals surface area contributed by atoms with Crippen molar-refractivity contribution in [2.75, 3.05) is 5.32 Å². The summed E-state index contributed by atoms with van der Waals surface area (Å²) in [7, 11) is 0. The zero-order chi connectivity index (χ0) is 15.9. The van der Waals surface area contributed by atoms with Gasteiger partial charge in [-0.05, 0) is 24.5 Å². The average molecular weight is 407 g/mol. The summed E-state index contributed by atoms with van der Waals surface area (Å²) in [5, 5.41) is 3.14. The van der Waals surface area contributed by atoms with Crippen molar-refractivity contribution in [3.63, 3.8) is 0 Å². The fourth-order valence-electron chi connectivity index (χ4n) is 2.25. The molecule has 0 fully saturated rings. The molecule has 0 saturated heterocycles. The zero-order valence-electron chi connectivity index (χ0n) is 12.6. The summed E-state index contributed by atoms with van der Waals surface area (Å²) in [6, 6.07) is 8.36. The normalized spacial score (nSPS) is 9.62. The van der Waals surface area contributed by atoms with Crippen molar-refractivity contribution in [3.8, 4) is 0 Å². The van der Waals surface area contributed by atoms with Crippen molar-refractivity contribution in [1.29, 1.82) is 0 Å². The van der Waals surface area contributed by atoms with Gasteiger partial charge in [-0.25, -0.2) is 0 Å². The maximum absolute atomic E-state index is 8.26. The Labute approximate surface area is 151 Å². The first-order chi connectivity index (χ1) is 10.2. The van der Waals surface area contributed by atoms with Crippen LogP contribution in [0.4, 0.5) is 5.69 Å². The van der Waals surface area contributed by atoms with Crippen LogP contribution in [0, 0.1) is 0 Å². The number of rotatable bonds is 9. The zero-order valence-corrected chi connectivity index (χ0v) is 16.4. The fourth-order valence-corrected chi connectivity index (χ4v) is 2.48. The number of unbranched alkanes of at least 4 members (excludes halogenated alkanes) is 6. The summed E-state index contributed by atoms with van der Waals surface area (Å²) in [6.07, 6.45) is 10.5. The number of anilines is 1. The molecule has 0 amide bonds. The van der Waals surface area contributed by atoms with E-state index in [0.29, 0.717) is 24.1 Å². The van der Waals surface area contributed by atoms with Gasteiger partial charge in [0.1, 0.15) is 4.32 Å². The van der Waals surface area contributed by atoms with Crippen LogP contribution in [0.15, 0.2) is 24.3 Å². The summed E-state index contributed by atoms with van der Waals surface area (Å²) in [5.74, 6) is 0. The molecule has 0 saturated carbocycles. The molecule has 0 radical (unpaired) electrons. The van der Waals surface area contributed by atoms with Crippen LogP contribution in [0.5, 0.6) is 0 Å². The molecule has 1 aromatic carbocycles. The van der Waals surface area contributed by atoms with Crippen LogP contribution in [0.3, 0.4) is 0 Å². The molecule has 1 N–H and O–H groups in total. The van der Waals surface area contributed by atoms with E-state index in [0.717, 1.165) is 12.1 Å². The van der Waals surface area contributed by atoms with Crippen molar-refractivity contribution >= 4 is 34.9 Å². The van der Waals surface area contributed by atoms with Crippen LogP contribution in [0.2, 0.25) is 0 Å². The van der Waals surface area contributed by atoms with Gasteiger partial charge in [-0.1, -0.05) is 75.9 Å². The minimum atomic E-state index is 0.534. The molecule has 0 unspecified atom stereocenters. The van der Waals surface area contributed by atoms with Crippen molar-refractivity contribution in [1.82, 2.24) is 0 Å². The maximum atomic E-state index is 8.26. The Bertz CT molecular complexity index is 402. The number of thiocarbonyl (C=S) groups is 1. The Morgan fingerprint density at radius 2 is 1.67 bits per heavy atom. The molecule has 1 rings (SSSR count). The van der Waals surface area contributed by atoms with Gasteiger partial charge in [0.25, 0.3) is 0 Å². The van der Waals surface area contributed by atoms with E-state index in [1.165, 1.54) is 50.5 Å². The molecule has 5 heteroatoms. The number of aryl methyl sites for hydroxylation is 1. The third-order valence-electron chi connectivity index (χ3n) is 3.31. The van der Waals surface area contributed by atoms with Gasteiger partial charge < -0.3 is 5.32 Å². The first kappa shape index (κ1) is 20.9. The van der Waals surface area contributed by atoms with Gasteiger partial charge in [0, 0.05) is 5.69 Å². The molecule has 21 heavy (non-hydrogen) atoms. The predicted octanol–water partition coefficient (Wildman–Crippen LogP) is 5.49. The Balaban J connectivity index is 0.00000191. The molecule has 0 aliphatic rings. The topological polar surface area (TPSA) is 29.1 Å². The molecule has 0 spiro atoms. The van der Waals surface area contributed by atoms with E-state index in [2.05, 4.69) is 43.1 Å². The van der Waals surface area contributed by atoms with E-state index in [4.69, 9.17) is 15.6 Å². The van der Waals surface area contributed by atoms with E-state index in [1.54, 1.807) is 0 Å². The second-order valence-corrected chi connectivity index (χ2v) is 6.12. The van der Waals surface area contributed by atoms with Gasteiger partial charge in [-0.2, -0.15) is 0 Å². The Morgan fingerprint density at radius 3 is 2.29 bits per heavy atom. The Kier molecular flexibility index (Phi) is 14.8. The van der Waals surface area contributed by atoms with E-state index in [1.807, 2.05) is 6.07 Å². The number of thiol groups is 1.